The fourth-order valence-corrected chi connectivity index (χ4v) is 5.97. The molecule has 54 heavy (non-hydrogen) atoms. The number of allylic oxidation sites excluding steroid dienone is 13. The van der Waals surface area contributed by atoms with Gasteiger partial charge < -0.3 is 28.8 Å². The van der Waals surface area contributed by atoms with Crippen molar-refractivity contribution >= 4 is 13.7 Å². The van der Waals surface area contributed by atoms with Crippen molar-refractivity contribution < 1.29 is 32.9 Å². The van der Waals surface area contributed by atoms with Crippen molar-refractivity contribution in [2.75, 3.05) is 40.9 Å². The molecule has 0 aromatic carbocycles. The standard InChI is InChI=1S/C45H79N2O6P/c1-6-8-10-12-14-16-18-20-21-22-23-24-25-27-28-30-32-34-36-38-44(48)43(42-53-54(50,51)52-41-40-47(3,4)5)46-45(49)39-37-35-33-31-29-26-19-17-15-13-11-9-7-2/h9,11,15,17,23-24,26,28-30,33,35-36,38,43-44,48H,6-8,10,12-14,16,18-22,25,27,31-32,34,37,39-42H2,1-5H3,(H-,46,49,50,51)/b11-9-,17-15-,24-23+,29-26-,30-28+,35-33-,38-36+. The molecule has 0 aliphatic rings. The largest absolute Gasteiger partial charge is 0.756 e. The minimum atomic E-state index is -4.62. The van der Waals surface area contributed by atoms with Crippen molar-refractivity contribution in [3.8, 4) is 0 Å². The number of amides is 1. The van der Waals surface area contributed by atoms with Crippen LogP contribution >= 0.6 is 7.82 Å². The first-order valence-electron chi connectivity index (χ1n) is 20.9. The second kappa shape index (κ2) is 36.3. The van der Waals surface area contributed by atoms with Gasteiger partial charge in [-0.2, -0.15) is 0 Å². The number of carbonyl (C=O) groups is 1. The SMILES string of the molecule is CC/C=C\C/C=C\C/C=C\C/C=C\CCC(=O)NC(COP(=O)([O-])OCC[N+](C)(C)C)C(O)/C=C/CC/C=C/CC/C=C/CCCCCCCCCCC. The predicted octanol–water partition coefficient (Wildman–Crippen LogP) is 10.8. The van der Waals surface area contributed by atoms with E-state index in [1.54, 1.807) is 6.08 Å². The average Bonchev–Trinajstić information content (AvgIpc) is 3.12. The van der Waals surface area contributed by atoms with Crippen LogP contribution in [0.5, 0.6) is 0 Å². The summed E-state index contributed by atoms with van der Waals surface area (Å²) in [6, 6.07) is -0.951. The van der Waals surface area contributed by atoms with Gasteiger partial charge >= 0.3 is 0 Å². The lowest BCUT2D eigenvalue weighted by atomic mass is 10.1. The first kappa shape index (κ1) is 51.7. The van der Waals surface area contributed by atoms with Crippen LogP contribution in [0.25, 0.3) is 0 Å². The summed E-state index contributed by atoms with van der Waals surface area (Å²) in [5.74, 6) is -0.296. The first-order chi connectivity index (χ1) is 26.0. The number of phosphoric ester groups is 1. The Morgan fingerprint density at radius 1 is 0.667 bits per heavy atom. The summed E-state index contributed by atoms with van der Waals surface area (Å²) in [4.78, 5) is 25.2. The smallest absolute Gasteiger partial charge is 0.268 e. The number of hydrogen-bond donors (Lipinski definition) is 2. The van der Waals surface area contributed by atoms with Crippen molar-refractivity contribution in [3.05, 3.63) is 85.1 Å². The number of unbranched alkanes of at least 4 members (excludes halogenated alkanes) is 11. The van der Waals surface area contributed by atoms with Crippen LogP contribution in [0.15, 0.2) is 85.1 Å². The second-order valence-corrected chi connectivity index (χ2v) is 16.3. The number of carbonyl (C=O) groups excluding carboxylic acids is 1. The Labute approximate surface area is 331 Å². The third-order valence-corrected chi connectivity index (χ3v) is 9.54. The van der Waals surface area contributed by atoms with Crippen molar-refractivity contribution in [1.29, 1.82) is 0 Å². The summed E-state index contributed by atoms with van der Waals surface area (Å²) in [7, 11) is 1.18. The Bertz CT molecular complexity index is 1150. The van der Waals surface area contributed by atoms with Crippen LogP contribution in [0, 0.1) is 0 Å². The molecular weight excluding hydrogens is 695 g/mol. The quantitative estimate of drug-likeness (QED) is 0.0284. The molecule has 0 fully saturated rings. The van der Waals surface area contributed by atoms with Crippen LogP contribution in [0.1, 0.15) is 142 Å². The van der Waals surface area contributed by atoms with Gasteiger partial charge in [0.05, 0.1) is 39.9 Å². The highest BCUT2D eigenvalue weighted by molar-refractivity contribution is 7.45. The van der Waals surface area contributed by atoms with Gasteiger partial charge in [-0.1, -0.05) is 150 Å². The van der Waals surface area contributed by atoms with Gasteiger partial charge in [-0.25, -0.2) is 0 Å². The highest BCUT2D eigenvalue weighted by Crippen LogP contribution is 2.38. The van der Waals surface area contributed by atoms with Crippen LogP contribution < -0.4 is 10.2 Å². The molecule has 0 saturated carbocycles. The first-order valence-corrected chi connectivity index (χ1v) is 22.4. The van der Waals surface area contributed by atoms with E-state index in [-0.39, 0.29) is 18.9 Å². The van der Waals surface area contributed by atoms with Gasteiger partial charge in [0.1, 0.15) is 13.2 Å². The molecule has 310 valence electrons. The van der Waals surface area contributed by atoms with E-state index in [0.717, 1.165) is 44.9 Å². The average molecular weight is 775 g/mol. The third kappa shape index (κ3) is 38.0. The van der Waals surface area contributed by atoms with Crippen molar-refractivity contribution in [3.63, 3.8) is 0 Å². The molecule has 1 amide bonds. The minimum absolute atomic E-state index is 0.0260. The lowest BCUT2D eigenvalue weighted by Crippen LogP contribution is -2.45. The Hall–Kier alpha value is -2.32. The van der Waals surface area contributed by atoms with Crippen molar-refractivity contribution in [2.24, 2.45) is 0 Å². The fourth-order valence-electron chi connectivity index (χ4n) is 5.25. The number of quaternary nitrogens is 1. The second-order valence-electron chi connectivity index (χ2n) is 14.9. The van der Waals surface area contributed by atoms with Crippen LogP contribution in [0.2, 0.25) is 0 Å². The van der Waals surface area contributed by atoms with Gasteiger partial charge in [-0.15, -0.1) is 0 Å². The fraction of sp³-hybridized carbons (Fsp3) is 0.667. The maximum absolute atomic E-state index is 12.8. The normalized spacial score (nSPS) is 15.3. The molecule has 3 unspecified atom stereocenters. The number of aliphatic hydroxyl groups is 1. The molecule has 0 radical (unpaired) electrons. The summed E-state index contributed by atoms with van der Waals surface area (Å²) >= 11 is 0. The predicted molar refractivity (Wildman–Crippen MR) is 228 cm³/mol. The molecule has 8 nitrogen and oxygen atoms in total. The maximum atomic E-state index is 12.8. The molecule has 0 saturated heterocycles. The van der Waals surface area contributed by atoms with Gasteiger partial charge in [0, 0.05) is 6.42 Å². The van der Waals surface area contributed by atoms with E-state index >= 15 is 0 Å². The van der Waals surface area contributed by atoms with Crippen LogP contribution in [-0.4, -0.2) is 68.5 Å². The molecule has 3 atom stereocenters. The van der Waals surface area contributed by atoms with Gasteiger partial charge in [0.2, 0.25) is 5.91 Å². The zero-order valence-corrected chi connectivity index (χ0v) is 35.8. The highest BCUT2D eigenvalue weighted by atomic mass is 31.2. The highest BCUT2D eigenvalue weighted by Gasteiger charge is 2.23. The number of aliphatic hydroxyl groups excluding tert-OH is 1. The van der Waals surface area contributed by atoms with Crippen molar-refractivity contribution in [2.45, 2.75) is 154 Å². The molecule has 9 heteroatoms. The topological polar surface area (TPSA) is 108 Å². The Balaban J connectivity index is 4.65. The van der Waals surface area contributed by atoms with Gasteiger partial charge in [-0.05, 0) is 70.6 Å². The monoisotopic (exact) mass is 775 g/mol. The summed E-state index contributed by atoms with van der Waals surface area (Å²) in [5, 5.41) is 13.7. The molecule has 0 aromatic heterocycles. The molecule has 0 heterocycles. The van der Waals surface area contributed by atoms with Crippen molar-refractivity contribution in [1.82, 2.24) is 5.32 Å². The molecular formula is C45H79N2O6P. The molecule has 0 aromatic rings. The summed E-state index contributed by atoms with van der Waals surface area (Å²) in [6.45, 7) is 4.41. The molecule has 2 N–H and O–H groups in total. The van der Waals surface area contributed by atoms with E-state index in [4.69, 9.17) is 9.05 Å². The lowest BCUT2D eigenvalue weighted by Gasteiger charge is -2.29. The van der Waals surface area contributed by atoms with Gasteiger partial charge in [0.25, 0.3) is 7.82 Å². The number of hydrogen-bond acceptors (Lipinski definition) is 6. The minimum Gasteiger partial charge on any atom is -0.756 e. The summed E-state index contributed by atoms with van der Waals surface area (Å²) in [5.41, 5.74) is 0. The lowest BCUT2D eigenvalue weighted by molar-refractivity contribution is -0.870. The molecule has 0 rings (SSSR count). The van der Waals surface area contributed by atoms with E-state index in [0.29, 0.717) is 23.9 Å². The van der Waals surface area contributed by atoms with E-state index in [1.165, 1.54) is 64.2 Å². The van der Waals surface area contributed by atoms with E-state index in [9.17, 15) is 19.4 Å². The third-order valence-electron chi connectivity index (χ3n) is 8.58. The maximum Gasteiger partial charge on any atom is 0.268 e. The Kier molecular flexibility index (Phi) is 34.8. The van der Waals surface area contributed by atoms with E-state index in [2.05, 4.69) is 79.9 Å². The number of rotatable bonds is 36. The van der Waals surface area contributed by atoms with Crippen LogP contribution in [0.3, 0.4) is 0 Å². The van der Waals surface area contributed by atoms with E-state index in [1.807, 2.05) is 39.4 Å². The van der Waals surface area contributed by atoms with E-state index < -0.39 is 26.6 Å². The number of nitrogens with zero attached hydrogens (tertiary/aromatic N) is 1. The summed E-state index contributed by atoms with van der Waals surface area (Å²) < 4.78 is 23.1. The Morgan fingerprint density at radius 2 is 1.15 bits per heavy atom. The molecule has 0 aliphatic heterocycles. The van der Waals surface area contributed by atoms with Crippen LogP contribution in [-0.2, 0) is 18.4 Å². The summed E-state index contributed by atoms with van der Waals surface area (Å²) in [6.07, 6.45) is 49.4. The van der Waals surface area contributed by atoms with Gasteiger partial charge in [-0.3, -0.25) is 9.36 Å². The molecule has 0 aliphatic carbocycles. The van der Waals surface area contributed by atoms with Gasteiger partial charge in [0.15, 0.2) is 0 Å². The number of likely N-dealkylation sites (N-methyl/N-ethyl adjacent to an activating group) is 1. The number of nitrogens with one attached hydrogen (secondary N) is 1. The zero-order valence-electron chi connectivity index (χ0n) is 34.9. The zero-order chi connectivity index (χ0) is 40.0. The van der Waals surface area contributed by atoms with Crippen LogP contribution in [0.4, 0.5) is 0 Å². The molecule has 0 bridgehead atoms. The molecule has 0 spiro atoms. The Morgan fingerprint density at radius 3 is 1.70 bits per heavy atom. The number of phosphoric acid groups is 1.